The molecule has 7 nitrogen and oxygen atoms in total. The Morgan fingerprint density at radius 3 is 2.47 bits per heavy atom. The zero-order valence-electron chi connectivity index (χ0n) is 19.8. The van der Waals surface area contributed by atoms with Crippen LogP contribution in [0.15, 0.2) is 60.7 Å². The maximum atomic E-state index is 12.6. The number of nitrogens with one attached hydrogen (secondary N) is 1. The van der Waals surface area contributed by atoms with Crippen LogP contribution >= 0.6 is 22.6 Å². The molecule has 0 aliphatic heterocycles. The molecule has 4 aromatic rings. The summed E-state index contributed by atoms with van der Waals surface area (Å²) in [4.78, 5) is 36.3. The van der Waals surface area contributed by atoms with Gasteiger partial charge in [-0.2, -0.15) is 0 Å². The number of carbonyl (C=O) groups is 3. The van der Waals surface area contributed by atoms with Gasteiger partial charge in [0.05, 0.1) is 11.2 Å². The highest BCUT2D eigenvalue weighted by molar-refractivity contribution is 14.1. The van der Waals surface area contributed by atoms with Gasteiger partial charge in [0.15, 0.2) is 0 Å². The van der Waals surface area contributed by atoms with Gasteiger partial charge in [-0.1, -0.05) is 30.3 Å². The van der Waals surface area contributed by atoms with Gasteiger partial charge in [0.1, 0.15) is 17.1 Å². The second kappa shape index (κ2) is 10.5. The molecular formula is C28H25IN2O5. The van der Waals surface area contributed by atoms with Crippen molar-refractivity contribution in [2.24, 2.45) is 7.05 Å². The summed E-state index contributed by atoms with van der Waals surface area (Å²) in [5.74, 6) is -1.71. The molecule has 36 heavy (non-hydrogen) atoms. The van der Waals surface area contributed by atoms with E-state index in [1.807, 2.05) is 67.1 Å². The van der Waals surface area contributed by atoms with Gasteiger partial charge in [-0.25, -0.2) is 4.79 Å². The van der Waals surface area contributed by atoms with Crippen molar-refractivity contribution in [3.63, 3.8) is 0 Å². The smallest absolute Gasteiger partial charge is 0.339 e. The average molecular weight is 596 g/mol. The molecule has 0 saturated heterocycles. The third-order valence-corrected chi connectivity index (χ3v) is 7.11. The summed E-state index contributed by atoms with van der Waals surface area (Å²) in [6.45, 7) is 1.95. The summed E-state index contributed by atoms with van der Waals surface area (Å²) in [7, 11) is 1.85. The number of rotatable bonds is 8. The Hall–Kier alpha value is -3.66. The number of nitrogens with zero attached hydrogens (tertiary/aromatic N) is 1. The number of ketones is 1. The highest BCUT2D eigenvalue weighted by Crippen LogP contribution is 2.37. The summed E-state index contributed by atoms with van der Waals surface area (Å²) in [5.41, 5.74) is 4.88. The lowest BCUT2D eigenvalue weighted by atomic mass is 10.0. The van der Waals surface area contributed by atoms with Crippen LogP contribution in [-0.4, -0.2) is 32.4 Å². The number of halogens is 1. The van der Waals surface area contributed by atoms with E-state index in [4.69, 9.17) is 0 Å². The Morgan fingerprint density at radius 1 is 1.00 bits per heavy atom. The number of aromatic hydroxyl groups is 1. The van der Waals surface area contributed by atoms with Crippen LogP contribution in [0.25, 0.3) is 22.2 Å². The Labute approximate surface area is 221 Å². The van der Waals surface area contributed by atoms with Gasteiger partial charge in [-0.15, -0.1) is 0 Å². The fraction of sp³-hybridized carbons (Fsp3) is 0.179. The molecular weight excluding hydrogens is 571 g/mol. The summed E-state index contributed by atoms with van der Waals surface area (Å²) in [5, 5.41) is 23.1. The number of carboxylic acids is 1. The van der Waals surface area contributed by atoms with Gasteiger partial charge in [-0.05, 0) is 70.5 Å². The van der Waals surface area contributed by atoms with Crippen LogP contribution in [-0.2, 0) is 23.1 Å². The molecule has 3 N–H and O–H groups in total. The second-order valence-electron chi connectivity index (χ2n) is 8.75. The van der Waals surface area contributed by atoms with E-state index < -0.39 is 5.97 Å². The molecule has 0 unspecified atom stereocenters. The summed E-state index contributed by atoms with van der Waals surface area (Å²) in [6.07, 6.45) is 0.462. The molecule has 0 spiro atoms. The number of benzene rings is 3. The first-order chi connectivity index (χ1) is 17.1. The molecule has 1 heterocycles. The first-order valence-corrected chi connectivity index (χ1v) is 12.4. The fourth-order valence-corrected chi connectivity index (χ4v) is 5.37. The second-order valence-corrected chi connectivity index (χ2v) is 9.83. The summed E-state index contributed by atoms with van der Waals surface area (Å²) in [6, 6.07) is 18.1. The number of amides is 1. The lowest BCUT2D eigenvalue weighted by Gasteiger charge is -2.09. The maximum Gasteiger partial charge on any atom is 0.339 e. The molecule has 1 aromatic heterocycles. The van der Waals surface area contributed by atoms with Crippen LogP contribution in [0.2, 0.25) is 0 Å². The fourth-order valence-electron chi connectivity index (χ4n) is 4.26. The number of aryl methyl sites for hydroxylation is 2. The number of anilines is 1. The van der Waals surface area contributed by atoms with Gasteiger partial charge < -0.3 is 20.1 Å². The van der Waals surface area contributed by atoms with E-state index in [1.54, 1.807) is 0 Å². The standard InChI is InChI=1S/C28H25IN2O5/c1-16-5-3-8-19(11-16)30-25(34)10-9-20(32)13-17-6-4-7-18(12-17)27-26(29)21-14-22(28(35)36)24(33)15-23(21)31(27)2/h3-8,11-12,14-15,33H,9-10,13H2,1-2H3,(H,30,34)(H,35,36). The molecule has 1 amide bonds. The SMILES string of the molecule is Cc1cccc(NC(=O)CCC(=O)Cc2cccc(-c3c(I)c4cc(C(=O)O)c(O)cc4n3C)c2)c1. The van der Waals surface area contributed by atoms with E-state index in [2.05, 4.69) is 27.9 Å². The highest BCUT2D eigenvalue weighted by Gasteiger charge is 2.20. The van der Waals surface area contributed by atoms with E-state index in [0.717, 1.165) is 31.3 Å². The first-order valence-electron chi connectivity index (χ1n) is 11.4. The molecule has 0 atom stereocenters. The van der Waals surface area contributed by atoms with Gasteiger partial charge >= 0.3 is 5.97 Å². The molecule has 3 aromatic carbocycles. The van der Waals surface area contributed by atoms with Crippen molar-refractivity contribution in [2.75, 3.05) is 5.32 Å². The van der Waals surface area contributed by atoms with E-state index in [0.29, 0.717) is 11.2 Å². The largest absolute Gasteiger partial charge is 0.507 e. The van der Waals surface area contributed by atoms with Crippen molar-refractivity contribution in [3.05, 3.63) is 80.9 Å². The van der Waals surface area contributed by atoms with Gasteiger partial charge in [-0.3, -0.25) is 9.59 Å². The Kier molecular flexibility index (Phi) is 7.44. The number of aromatic nitrogens is 1. The number of fused-ring (bicyclic) bond motifs is 1. The summed E-state index contributed by atoms with van der Waals surface area (Å²) < 4.78 is 2.75. The molecule has 0 aliphatic carbocycles. The number of aromatic carboxylic acids is 1. The van der Waals surface area contributed by atoms with E-state index >= 15 is 0 Å². The molecule has 0 bridgehead atoms. The zero-order valence-corrected chi connectivity index (χ0v) is 22.0. The maximum absolute atomic E-state index is 12.6. The van der Waals surface area contributed by atoms with Crippen LogP contribution < -0.4 is 5.32 Å². The van der Waals surface area contributed by atoms with Crippen molar-refractivity contribution in [2.45, 2.75) is 26.2 Å². The Bertz CT molecular complexity index is 1510. The van der Waals surface area contributed by atoms with E-state index in [1.165, 1.54) is 12.1 Å². The first kappa shape index (κ1) is 25.4. The van der Waals surface area contributed by atoms with E-state index in [-0.39, 0.29) is 42.3 Å². The molecule has 0 fully saturated rings. The Morgan fingerprint density at radius 2 is 1.75 bits per heavy atom. The average Bonchev–Trinajstić information content (AvgIpc) is 3.06. The minimum atomic E-state index is -1.19. The lowest BCUT2D eigenvalue weighted by Crippen LogP contribution is -2.14. The number of Topliss-reactive ketones (excluding diaryl/α,β-unsaturated/α-hetero) is 1. The zero-order chi connectivity index (χ0) is 26.0. The van der Waals surface area contributed by atoms with Crippen molar-refractivity contribution >= 4 is 56.8 Å². The van der Waals surface area contributed by atoms with Crippen LogP contribution in [0.3, 0.4) is 0 Å². The van der Waals surface area contributed by atoms with Crippen molar-refractivity contribution in [1.82, 2.24) is 4.57 Å². The van der Waals surface area contributed by atoms with Crippen LogP contribution in [0, 0.1) is 10.5 Å². The van der Waals surface area contributed by atoms with Gasteiger partial charge in [0, 0.05) is 47.0 Å². The monoisotopic (exact) mass is 596 g/mol. The topological polar surface area (TPSA) is 109 Å². The molecule has 0 saturated carbocycles. The normalized spacial score (nSPS) is 11.0. The van der Waals surface area contributed by atoms with Crippen molar-refractivity contribution < 1.29 is 24.6 Å². The van der Waals surface area contributed by atoms with Crippen LogP contribution in [0.5, 0.6) is 5.75 Å². The van der Waals surface area contributed by atoms with Gasteiger partial charge in [0.25, 0.3) is 0 Å². The number of hydrogen-bond acceptors (Lipinski definition) is 4. The Balaban J connectivity index is 1.49. The van der Waals surface area contributed by atoms with Crippen molar-refractivity contribution in [1.29, 1.82) is 0 Å². The summed E-state index contributed by atoms with van der Waals surface area (Å²) >= 11 is 2.18. The minimum absolute atomic E-state index is 0.0331. The number of carbonyl (C=O) groups excluding carboxylic acids is 2. The van der Waals surface area contributed by atoms with Crippen LogP contribution in [0.4, 0.5) is 5.69 Å². The van der Waals surface area contributed by atoms with Gasteiger partial charge in [0.2, 0.25) is 5.91 Å². The highest BCUT2D eigenvalue weighted by atomic mass is 127. The molecule has 184 valence electrons. The predicted molar refractivity (Wildman–Crippen MR) is 147 cm³/mol. The van der Waals surface area contributed by atoms with Crippen LogP contribution in [0.1, 0.15) is 34.3 Å². The number of phenols is 1. The molecule has 4 rings (SSSR count). The molecule has 0 radical (unpaired) electrons. The molecule has 8 heteroatoms. The minimum Gasteiger partial charge on any atom is -0.507 e. The quantitative estimate of drug-likeness (QED) is 0.227. The van der Waals surface area contributed by atoms with Crippen molar-refractivity contribution in [3.8, 4) is 17.0 Å². The number of carboxylic acid groups (broad SMARTS) is 1. The van der Waals surface area contributed by atoms with E-state index in [9.17, 15) is 24.6 Å². The third-order valence-electron chi connectivity index (χ3n) is 6.02. The number of hydrogen-bond donors (Lipinski definition) is 3. The predicted octanol–water partition coefficient (Wildman–Crippen LogP) is 5.69. The third kappa shape index (κ3) is 5.43. The lowest BCUT2D eigenvalue weighted by molar-refractivity contribution is -0.122. The molecule has 0 aliphatic rings.